The first-order chi connectivity index (χ1) is 42.9. The van der Waals surface area contributed by atoms with Crippen molar-refractivity contribution in [3.05, 3.63) is 24.3 Å². The number of nitrogens with one attached hydrogen (secondary N) is 1. The molecular formula is C78H154N2O7P+. The third kappa shape index (κ3) is 68.8. The zero-order valence-electron chi connectivity index (χ0n) is 60.0. The molecule has 0 radical (unpaired) electrons. The maximum atomic E-state index is 13.7. The molecule has 0 bridgehead atoms. The first kappa shape index (κ1) is 86.5. The number of quaternary nitrogens is 1. The summed E-state index contributed by atoms with van der Waals surface area (Å²) in [5, 5.41) is 3.09. The van der Waals surface area contributed by atoms with Gasteiger partial charge in [0, 0.05) is 12.8 Å². The van der Waals surface area contributed by atoms with Gasteiger partial charge in [0.1, 0.15) is 19.3 Å². The monoisotopic (exact) mass is 1260 g/mol. The Labute approximate surface area is 549 Å². The largest absolute Gasteiger partial charge is 0.472 e. The second-order valence-corrected chi connectivity index (χ2v) is 29.7. The summed E-state index contributed by atoms with van der Waals surface area (Å²) in [4.78, 5) is 38.0. The van der Waals surface area contributed by atoms with Gasteiger partial charge in [0.05, 0.1) is 33.8 Å². The van der Waals surface area contributed by atoms with Crippen LogP contribution in [0.15, 0.2) is 24.3 Å². The van der Waals surface area contributed by atoms with Gasteiger partial charge in [-0.15, -0.1) is 0 Å². The molecule has 10 heteroatoms. The van der Waals surface area contributed by atoms with Crippen LogP contribution in [-0.2, 0) is 27.9 Å². The molecule has 0 spiro atoms. The summed E-state index contributed by atoms with van der Waals surface area (Å²) in [5.74, 6) is -0.478. The molecular weight excluding hydrogens is 1110 g/mol. The molecule has 0 fully saturated rings. The minimum Gasteiger partial charge on any atom is -0.456 e. The molecule has 0 saturated carbocycles. The number of esters is 1. The fourth-order valence-electron chi connectivity index (χ4n) is 12.1. The van der Waals surface area contributed by atoms with E-state index in [9.17, 15) is 19.0 Å². The van der Waals surface area contributed by atoms with Gasteiger partial charge in [-0.05, 0) is 57.4 Å². The lowest BCUT2D eigenvalue weighted by atomic mass is 10.0. The number of hydrogen-bond acceptors (Lipinski definition) is 6. The van der Waals surface area contributed by atoms with Crippen LogP contribution in [0.3, 0.4) is 0 Å². The number of carbonyl (C=O) groups is 2. The van der Waals surface area contributed by atoms with E-state index >= 15 is 0 Å². The summed E-state index contributed by atoms with van der Waals surface area (Å²) in [7, 11) is 1.52. The number of amides is 1. The Morgan fingerprint density at radius 1 is 0.386 bits per heavy atom. The van der Waals surface area contributed by atoms with Crippen molar-refractivity contribution in [2.45, 2.75) is 425 Å². The van der Waals surface area contributed by atoms with Gasteiger partial charge in [0.15, 0.2) is 0 Å². The number of carbonyl (C=O) groups excluding carboxylic acids is 2. The minimum absolute atomic E-state index is 0.0448. The molecule has 0 aromatic rings. The van der Waals surface area contributed by atoms with E-state index in [1.54, 1.807) is 0 Å². The third-order valence-electron chi connectivity index (χ3n) is 18.1. The molecule has 3 atom stereocenters. The zero-order chi connectivity index (χ0) is 64.2. The van der Waals surface area contributed by atoms with Gasteiger partial charge in [0.25, 0.3) is 0 Å². The van der Waals surface area contributed by atoms with Crippen molar-refractivity contribution in [2.75, 3.05) is 40.9 Å². The average molecular weight is 1260 g/mol. The third-order valence-corrected chi connectivity index (χ3v) is 19.1. The van der Waals surface area contributed by atoms with Crippen LogP contribution >= 0.6 is 7.82 Å². The standard InChI is InChI=1S/C78H153N2O7P/c1-7-10-13-16-19-22-25-28-30-32-34-36-38-39-40-41-43-44-46-48-50-52-55-58-61-64-67-70-77(81)79-75(74-86-88(83,84)85-73-72-80(4,5)6)76(69-66-63-60-57-54-27-24-21-18-15-12-9-3)87-78(82)71-68-65-62-59-56-53-51-49-47-45-42-37-35-33-31-29-26-23-20-17-14-11-8-2/h29,31,66,69,75-76H,7-28,30,32-65,67-68,70-74H2,1-6H3,(H-,79,81,83,84)/p+1/b31-29+,69-66+. The average Bonchev–Trinajstić information content (AvgIpc) is 3.71. The van der Waals surface area contributed by atoms with Crippen molar-refractivity contribution >= 4 is 19.7 Å². The smallest absolute Gasteiger partial charge is 0.456 e. The number of phosphoric acid groups is 1. The molecule has 0 saturated heterocycles. The van der Waals surface area contributed by atoms with E-state index in [2.05, 4.69) is 44.3 Å². The summed E-state index contributed by atoms with van der Waals surface area (Å²) < 4.78 is 30.9. The first-order valence-electron chi connectivity index (χ1n) is 39.2. The molecule has 0 aromatic heterocycles. The van der Waals surface area contributed by atoms with Crippen LogP contribution in [0.1, 0.15) is 412 Å². The second kappa shape index (κ2) is 68.4. The van der Waals surface area contributed by atoms with Crippen molar-refractivity contribution < 1.29 is 37.3 Å². The van der Waals surface area contributed by atoms with Crippen molar-refractivity contribution in [1.29, 1.82) is 0 Å². The van der Waals surface area contributed by atoms with E-state index < -0.39 is 20.0 Å². The summed E-state index contributed by atoms with van der Waals surface area (Å²) in [5.41, 5.74) is 0. The molecule has 9 nitrogen and oxygen atoms in total. The minimum atomic E-state index is -4.45. The highest BCUT2D eigenvalue weighted by Crippen LogP contribution is 2.43. The predicted molar refractivity (Wildman–Crippen MR) is 383 cm³/mol. The highest BCUT2D eigenvalue weighted by molar-refractivity contribution is 7.47. The number of likely N-dealkylation sites (N-methyl/N-ethyl adjacent to an activating group) is 1. The van der Waals surface area contributed by atoms with Crippen molar-refractivity contribution in [3.63, 3.8) is 0 Å². The van der Waals surface area contributed by atoms with Crippen LogP contribution in [-0.4, -0.2) is 74.3 Å². The van der Waals surface area contributed by atoms with E-state index in [4.69, 9.17) is 13.8 Å². The molecule has 522 valence electrons. The Morgan fingerprint density at radius 3 is 0.966 bits per heavy atom. The number of hydrogen-bond donors (Lipinski definition) is 2. The normalized spacial score (nSPS) is 13.5. The highest BCUT2D eigenvalue weighted by Gasteiger charge is 2.30. The number of nitrogens with zero attached hydrogens (tertiary/aromatic N) is 1. The van der Waals surface area contributed by atoms with Crippen molar-refractivity contribution in [3.8, 4) is 0 Å². The lowest BCUT2D eigenvalue weighted by Crippen LogP contribution is -2.47. The fraction of sp³-hybridized carbons (Fsp3) is 0.923. The summed E-state index contributed by atoms with van der Waals surface area (Å²) in [6.45, 7) is 7.09. The predicted octanol–water partition coefficient (Wildman–Crippen LogP) is 25.2. The van der Waals surface area contributed by atoms with Crippen molar-refractivity contribution in [1.82, 2.24) is 5.32 Å². The van der Waals surface area contributed by atoms with E-state index in [-0.39, 0.29) is 25.1 Å². The molecule has 0 heterocycles. The second-order valence-electron chi connectivity index (χ2n) is 28.2. The Hall–Kier alpha value is -1.51. The molecule has 0 aliphatic carbocycles. The highest BCUT2D eigenvalue weighted by atomic mass is 31.2. The topological polar surface area (TPSA) is 111 Å². The van der Waals surface area contributed by atoms with E-state index in [0.717, 1.165) is 57.8 Å². The van der Waals surface area contributed by atoms with E-state index in [1.807, 2.05) is 27.2 Å². The Kier molecular flexibility index (Phi) is 67.2. The lowest BCUT2D eigenvalue weighted by molar-refractivity contribution is -0.870. The quantitative estimate of drug-likeness (QED) is 0.0205. The first-order valence-corrected chi connectivity index (χ1v) is 40.7. The van der Waals surface area contributed by atoms with Gasteiger partial charge in [-0.1, -0.05) is 366 Å². The summed E-state index contributed by atoms with van der Waals surface area (Å²) >= 11 is 0. The zero-order valence-corrected chi connectivity index (χ0v) is 60.9. The molecule has 1 amide bonds. The van der Waals surface area contributed by atoms with Crippen molar-refractivity contribution in [2.24, 2.45) is 0 Å². The van der Waals surface area contributed by atoms with Gasteiger partial charge >= 0.3 is 13.8 Å². The van der Waals surface area contributed by atoms with Gasteiger partial charge in [-0.3, -0.25) is 18.6 Å². The number of allylic oxidation sites excluding steroid dienone is 3. The van der Waals surface area contributed by atoms with Gasteiger partial charge in [-0.2, -0.15) is 0 Å². The lowest BCUT2D eigenvalue weighted by Gasteiger charge is -2.27. The van der Waals surface area contributed by atoms with Crippen LogP contribution in [0, 0.1) is 0 Å². The molecule has 0 rings (SSSR count). The maximum absolute atomic E-state index is 13.7. The maximum Gasteiger partial charge on any atom is 0.472 e. The summed E-state index contributed by atoms with van der Waals surface area (Å²) in [6.07, 6.45) is 85.0. The van der Waals surface area contributed by atoms with Gasteiger partial charge in [-0.25, -0.2) is 4.57 Å². The number of unbranched alkanes of at least 4 members (excludes halogenated alkanes) is 55. The van der Waals surface area contributed by atoms with Crippen LogP contribution in [0.25, 0.3) is 0 Å². The molecule has 88 heavy (non-hydrogen) atoms. The van der Waals surface area contributed by atoms with Crippen LogP contribution in [0.2, 0.25) is 0 Å². The van der Waals surface area contributed by atoms with Crippen LogP contribution < -0.4 is 5.32 Å². The number of phosphoric ester groups is 1. The Balaban J connectivity index is 4.90. The number of rotatable bonds is 73. The summed E-state index contributed by atoms with van der Waals surface area (Å²) in [6, 6.07) is -0.844. The molecule has 0 aliphatic heterocycles. The van der Waals surface area contributed by atoms with E-state index in [0.29, 0.717) is 23.9 Å². The Bertz CT molecular complexity index is 1550. The fourth-order valence-corrected chi connectivity index (χ4v) is 12.9. The van der Waals surface area contributed by atoms with E-state index in [1.165, 1.54) is 321 Å². The van der Waals surface area contributed by atoms with Crippen LogP contribution in [0.4, 0.5) is 0 Å². The van der Waals surface area contributed by atoms with Crippen LogP contribution in [0.5, 0.6) is 0 Å². The molecule has 2 N–H and O–H groups in total. The van der Waals surface area contributed by atoms with Gasteiger partial charge in [0.2, 0.25) is 5.91 Å². The SMILES string of the molecule is CCCCCCCC/C=C/CCCCCCCCCCCCCCCC(=O)OC(/C=C/CCCCCCCCCCCC)C(COP(=O)(O)OCC[N+](C)(C)C)NC(=O)CCCCCCCCCCCCCCCCCCCCCCCCCCCCC. The van der Waals surface area contributed by atoms with Gasteiger partial charge < -0.3 is 19.4 Å². The number of ether oxygens (including phenoxy) is 1. The molecule has 0 aliphatic rings. The molecule has 0 aromatic carbocycles. The molecule has 3 unspecified atom stereocenters. The Morgan fingerprint density at radius 2 is 0.659 bits per heavy atom.